The second-order valence-electron chi connectivity index (χ2n) is 4.22. The van der Waals surface area contributed by atoms with Gasteiger partial charge in [0.05, 0.1) is 6.54 Å². The van der Waals surface area contributed by atoms with Crippen molar-refractivity contribution in [3.05, 3.63) is 47.3 Å². The molecule has 0 aliphatic rings. The van der Waals surface area contributed by atoms with Gasteiger partial charge in [-0.3, -0.25) is 9.48 Å². The minimum Gasteiger partial charge on any atom is -0.491 e. The molecule has 18 heavy (non-hydrogen) atoms. The van der Waals surface area contributed by atoms with Crippen LogP contribution in [-0.4, -0.2) is 22.7 Å². The second-order valence-corrected chi connectivity index (χ2v) is 4.22. The Morgan fingerprint density at radius 2 is 2.06 bits per heavy atom. The van der Waals surface area contributed by atoms with Crippen molar-refractivity contribution in [3.8, 4) is 5.75 Å². The molecule has 1 heterocycles. The summed E-state index contributed by atoms with van der Waals surface area (Å²) in [7, 11) is 0. The van der Waals surface area contributed by atoms with Gasteiger partial charge in [-0.2, -0.15) is 5.10 Å². The number of nitrogens with zero attached hydrogens (tertiary/aromatic N) is 2. The van der Waals surface area contributed by atoms with Gasteiger partial charge < -0.3 is 4.74 Å². The highest BCUT2D eigenvalue weighted by Crippen LogP contribution is 2.24. The van der Waals surface area contributed by atoms with Gasteiger partial charge in [0.2, 0.25) is 0 Å². The fraction of sp³-hybridized carbons (Fsp3) is 0.286. The lowest BCUT2D eigenvalue weighted by Crippen LogP contribution is -2.09. The average molecular weight is 244 g/mol. The Kier molecular flexibility index (Phi) is 3.77. The van der Waals surface area contributed by atoms with Crippen LogP contribution in [-0.2, 0) is 6.54 Å². The van der Waals surface area contributed by atoms with E-state index in [2.05, 4.69) is 5.10 Å². The first-order valence-electron chi connectivity index (χ1n) is 5.87. The number of carbonyl (C=O) groups excluding carboxylic acids is 1. The Bertz CT molecular complexity index is 510. The SMILES string of the molecule is Cc1cc(C=O)cc(C)c1OCCn1cccn1. The molecule has 0 saturated carbocycles. The van der Waals surface area contributed by atoms with Gasteiger partial charge in [-0.05, 0) is 43.2 Å². The molecule has 0 unspecified atom stereocenters. The van der Waals surface area contributed by atoms with Crippen LogP contribution in [0.3, 0.4) is 0 Å². The standard InChI is InChI=1S/C14H16N2O2/c1-11-8-13(10-17)9-12(2)14(11)18-7-6-16-5-3-4-15-16/h3-5,8-10H,6-7H2,1-2H3. The van der Waals surface area contributed by atoms with Crippen LogP contribution in [0.5, 0.6) is 5.75 Å². The van der Waals surface area contributed by atoms with Gasteiger partial charge in [0.1, 0.15) is 18.6 Å². The molecule has 0 fully saturated rings. The van der Waals surface area contributed by atoms with Gasteiger partial charge >= 0.3 is 0 Å². The van der Waals surface area contributed by atoms with Crippen LogP contribution in [0.15, 0.2) is 30.6 Å². The maximum Gasteiger partial charge on any atom is 0.150 e. The molecule has 2 aromatic rings. The molecule has 0 atom stereocenters. The van der Waals surface area contributed by atoms with Gasteiger partial charge in [-0.1, -0.05) is 0 Å². The number of carbonyl (C=O) groups is 1. The molecule has 0 aliphatic carbocycles. The Labute approximate surface area is 106 Å². The van der Waals surface area contributed by atoms with Crippen LogP contribution >= 0.6 is 0 Å². The van der Waals surface area contributed by atoms with Gasteiger partial charge in [0, 0.05) is 18.0 Å². The summed E-state index contributed by atoms with van der Waals surface area (Å²) in [6, 6.07) is 5.56. The van der Waals surface area contributed by atoms with E-state index in [0.29, 0.717) is 18.7 Å². The van der Waals surface area contributed by atoms with Gasteiger partial charge in [-0.25, -0.2) is 0 Å². The first-order chi connectivity index (χ1) is 8.70. The van der Waals surface area contributed by atoms with E-state index in [1.807, 2.05) is 42.9 Å². The molecule has 1 aromatic carbocycles. The maximum absolute atomic E-state index is 10.7. The highest BCUT2D eigenvalue weighted by atomic mass is 16.5. The van der Waals surface area contributed by atoms with Crippen LogP contribution in [0.1, 0.15) is 21.5 Å². The highest BCUT2D eigenvalue weighted by molar-refractivity contribution is 5.76. The molecule has 0 N–H and O–H groups in total. The normalized spacial score (nSPS) is 10.3. The lowest BCUT2D eigenvalue weighted by molar-refractivity contribution is 0.112. The van der Waals surface area contributed by atoms with Gasteiger partial charge in [-0.15, -0.1) is 0 Å². The predicted molar refractivity (Wildman–Crippen MR) is 69.0 cm³/mol. The topological polar surface area (TPSA) is 44.1 Å². The van der Waals surface area contributed by atoms with Gasteiger partial charge in [0.25, 0.3) is 0 Å². The Morgan fingerprint density at radius 1 is 1.33 bits per heavy atom. The van der Waals surface area contributed by atoms with E-state index in [1.54, 1.807) is 6.20 Å². The molecule has 4 nitrogen and oxygen atoms in total. The van der Waals surface area contributed by atoms with Crippen LogP contribution in [0, 0.1) is 13.8 Å². The van der Waals surface area contributed by atoms with Crippen molar-refractivity contribution in [2.75, 3.05) is 6.61 Å². The van der Waals surface area contributed by atoms with Crippen LogP contribution in [0.25, 0.3) is 0 Å². The monoisotopic (exact) mass is 244 g/mol. The lowest BCUT2D eigenvalue weighted by atomic mass is 10.1. The summed E-state index contributed by atoms with van der Waals surface area (Å²) < 4.78 is 7.59. The third-order valence-corrected chi connectivity index (χ3v) is 2.74. The van der Waals surface area contributed by atoms with E-state index in [9.17, 15) is 4.79 Å². The molecule has 2 rings (SSSR count). The zero-order valence-electron chi connectivity index (χ0n) is 10.6. The van der Waals surface area contributed by atoms with E-state index in [4.69, 9.17) is 4.74 Å². The molecule has 4 heteroatoms. The molecule has 0 spiro atoms. The Balaban J connectivity index is 2.03. The summed E-state index contributed by atoms with van der Waals surface area (Å²) in [6.07, 6.45) is 4.50. The van der Waals surface area contributed by atoms with Crippen LogP contribution < -0.4 is 4.74 Å². The zero-order valence-corrected chi connectivity index (χ0v) is 10.6. The van der Waals surface area contributed by atoms with E-state index >= 15 is 0 Å². The molecular formula is C14H16N2O2. The van der Waals surface area contributed by atoms with Crippen molar-refractivity contribution < 1.29 is 9.53 Å². The summed E-state index contributed by atoms with van der Waals surface area (Å²) in [5, 5.41) is 4.11. The third kappa shape index (κ3) is 2.77. The molecule has 0 bridgehead atoms. The number of aromatic nitrogens is 2. The number of aldehydes is 1. The molecule has 94 valence electrons. The second kappa shape index (κ2) is 5.49. The molecule has 0 amide bonds. The third-order valence-electron chi connectivity index (χ3n) is 2.74. The van der Waals surface area contributed by atoms with Crippen molar-refractivity contribution in [1.29, 1.82) is 0 Å². The van der Waals surface area contributed by atoms with Crippen molar-refractivity contribution in [2.45, 2.75) is 20.4 Å². The summed E-state index contributed by atoms with van der Waals surface area (Å²) in [4.78, 5) is 10.7. The van der Waals surface area contributed by atoms with Crippen molar-refractivity contribution in [1.82, 2.24) is 9.78 Å². The fourth-order valence-corrected chi connectivity index (χ4v) is 1.95. The lowest BCUT2D eigenvalue weighted by Gasteiger charge is -2.12. The minimum atomic E-state index is 0.559. The number of rotatable bonds is 5. The molecule has 1 aromatic heterocycles. The summed E-state index contributed by atoms with van der Waals surface area (Å²) in [6.45, 7) is 5.16. The number of aryl methyl sites for hydroxylation is 2. The number of ether oxygens (including phenoxy) is 1. The molecular weight excluding hydrogens is 228 g/mol. The molecule has 0 radical (unpaired) electrons. The van der Waals surface area contributed by atoms with Crippen molar-refractivity contribution in [3.63, 3.8) is 0 Å². The quantitative estimate of drug-likeness (QED) is 0.758. The number of benzene rings is 1. The van der Waals surface area contributed by atoms with Crippen molar-refractivity contribution >= 4 is 6.29 Å². The Morgan fingerprint density at radius 3 is 2.61 bits per heavy atom. The fourth-order valence-electron chi connectivity index (χ4n) is 1.95. The zero-order chi connectivity index (χ0) is 13.0. The molecule has 0 saturated heterocycles. The van der Waals surface area contributed by atoms with Crippen molar-refractivity contribution in [2.24, 2.45) is 0 Å². The average Bonchev–Trinajstić information content (AvgIpc) is 2.85. The number of hydrogen-bond acceptors (Lipinski definition) is 3. The molecule has 0 aliphatic heterocycles. The maximum atomic E-state index is 10.7. The smallest absolute Gasteiger partial charge is 0.150 e. The predicted octanol–water partition coefficient (Wildman–Crippen LogP) is 2.39. The van der Waals surface area contributed by atoms with Crippen LogP contribution in [0.4, 0.5) is 0 Å². The summed E-state index contributed by atoms with van der Waals surface area (Å²) >= 11 is 0. The van der Waals surface area contributed by atoms with Crippen LogP contribution in [0.2, 0.25) is 0 Å². The minimum absolute atomic E-state index is 0.559. The Hall–Kier alpha value is -2.10. The van der Waals surface area contributed by atoms with E-state index < -0.39 is 0 Å². The van der Waals surface area contributed by atoms with E-state index in [1.165, 1.54) is 0 Å². The largest absolute Gasteiger partial charge is 0.491 e. The summed E-state index contributed by atoms with van der Waals surface area (Å²) in [5.74, 6) is 0.854. The van der Waals surface area contributed by atoms with Gasteiger partial charge in [0.15, 0.2) is 0 Å². The van der Waals surface area contributed by atoms with E-state index in [-0.39, 0.29) is 0 Å². The first kappa shape index (κ1) is 12.4. The first-order valence-corrected chi connectivity index (χ1v) is 5.87. The highest BCUT2D eigenvalue weighted by Gasteiger charge is 2.06. The number of hydrogen-bond donors (Lipinski definition) is 0. The van der Waals surface area contributed by atoms with E-state index in [0.717, 1.165) is 23.2 Å². The summed E-state index contributed by atoms with van der Waals surface area (Å²) in [5.41, 5.74) is 2.65.